The van der Waals surface area contributed by atoms with Crippen LogP contribution in [0.15, 0.2) is 35.5 Å². The number of carbonyl (C=O) groups is 3. The van der Waals surface area contributed by atoms with Gasteiger partial charge in [-0.1, -0.05) is 24.6 Å². The van der Waals surface area contributed by atoms with E-state index in [1.807, 2.05) is 0 Å². The molecular formula is C23H27FO6. The number of rotatable bonds is 4. The van der Waals surface area contributed by atoms with Crippen molar-refractivity contribution in [1.82, 2.24) is 0 Å². The predicted octanol–water partition coefficient (Wildman–Crippen LogP) is 2.30. The smallest absolute Gasteiger partial charge is 0.306 e. The lowest BCUT2D eigenvalue weighted by Gasteiger charge is -2.61. The number of alkyl halides is 1. The summed E-state index contributed by atoms with van der Waals surface area (Å²) in [5.74, 6) is -2.91. The van der Waals surface area contributed by atoms with Crippen molar-refractivity contribution in [2.75, 3.05) is 0 Å². The Kier molecular flexibility index (Phi) is 4.71. The van der Waals surface area contributed by atoms with E-state index >= 15 is 4.39 Å². The molecule has 0 aromatic heterocycles. The summed E-state index contributed by atoms with van der Waals surface area (Å²) in [6.45, 7) is 3.53. The average Bonchev–Trinajstić information content (AvgIpc) is 2.99. The van der Waals surface area contributed by atoms with Crippen molar-refractivity contribution in [2.45, 2.75) is 63.8 Å². The number of carboxylic acids is 1. The Morgan fingerprint density at radius 3 is 2.67 bits per heavy atom. The van der Waals surface area contributed by atoms with Crippen molar-refractivity contribution in [3.05, 3.63) is 35.5 Å². The third-order valence-electron chi connectivity index (χ3n) is 8.16. The largest absolute Gasteiger partial charge is 0.481 e. The second-order valence-electron chi connectivity index (χ2n) is 9.60. The van der Waals surface area contributed by atoms with Crippen LogP contribution < -0.4 is 0 Å². The lowest BCUT2D eigenvalue weighted by atomic mass is 9.45. The first-order valence-corrected chi connectivity index (χ1v) is 10.4. The van der Waals surface area contributed by atoms with Gasteiger partial charge in [-0.2, -0.15) is 0 Å². The van der Waals surface area contributed by atoms with E-state index in [1.165, 1.54) is 12.2 Å². The fourth-order valence-electron chi connectivity index (χ4n) is 6.60. The van der Waals surface area contributed by atoms with Crippen LogP contribution in [0, 0.1) is 22.7 Å². The molecule has 2 fully saturated rings. The van der Waals surface area contributed by atoms with Crippen molar-refractivity contribution in [1.29, 1.82) is 0 Å². The minimum Gasteiger partial charge on any atom is -0.481 e. The highest BCUT2D eigenvalue weighted by Gasteiger charge is 2.69. The Morgan fingerprint density at radius 1 is 1.30 bits per heavy atom. The summed E-state index contributed by atoms with van der Waals surface area (Å²) in [7, 11) is 0. The topological polar surface area (TPSA) is 112 Å². The number of carboxylic acid groups (broad SMARTS) is 1. The van der Waals surface area contributed by atoms with Crippen LogP contribution in [0.2, 0.25) is 0 Å². The molecule has 4 rings (SSSR count). The van der Waals surface area contributed by atoms with Gasteiger partial charge in [-0.15, -0.1) is 0 Å². The molecule has 3 N–H and O–H groups in total. The van der Waals surface area contributed by atoms with Gasteiger partial charge in [-0.25, -0.2) is 4.39 Å². The minimum atomic E-state index is -1.98. The highest BCUT2D eigenvalue weighted by Crippen LogP contribution is 2.67. The number of fused-ring (bicyclic) bond motifs is 5. The third-order valence-corrected chi connectivity index (χ3v) is 8.16. The van der Waals surface area contributed by atoms with E-state index in [0.29, 0.717) is 30.4 Å². The summed E-state index contributed by atoms with van der Waals surface area (Å²) in [4.78, 5) is 35.5. The number of aliphatic hydroxyl groups excluding tert-OH is 2. The molecule has 0 bridgehead atoms. The average molecular weight is 418 g/mol. The first kappa shape index (κ1) is 21.1. The molecular weight excluding hydrogens is 391 g/mol. The number of allylic oxidation sites excluding steroid dienone is 5. The van der Waals surface area contributed by atoms with E-state index in [-0.39, 0.29) is 18.1 Å². The van der Waals surface area contributed by atoms with Crippen LogP contribution in [0.1, 0.15) is 46.0 Å². The van der Waals surface area contributed by atoms with Crippen molar-refractivity contribution < 1.29 is 34.1 Å². The van der Waals surface area contributed by atoms with Crippen LogP contribution in [-0.4, -0.2) is 50.7 Å². The maximum absolute atomic E-state index is 16.8. The molecule has 0 aromatic rings. The Bertz CT molecular complexity index is 919. The zero-order valence-electron chi connectivity index (χ0n) is 17.1. The van der Waals surface area contributed by atoms with Crippen LogP contribution >= 0.6 is 0 Å². The molecule has 7 heteroatoms. The fourth-order valence-corrected chi connectivity index (χ4v) is 6.60. The van der Waals surface area contributed by atoms with E-state index in [1.54, 1.807) is 26.0 Å². The first-order valence-electron chi connectivity index (χ1n) is 10.4. The number of hydrogen-bond donors (Lipinski definition) is 3. The second kappa shape index (κ2) is 6.69. The molecule has 0 heterocycles. The fraction of sp³-hybridized carbons (Fsp3) is 0.609. The van der Waals surface area contributed by atoms with Crippen LogP contribution in [0.3, 0.4) is 0 Å². The van der Waals surface area contributed by atoms with Crippen molar-refractivity contribution in [3.8, 4) is 0 Å². The maximum Gasteiger partial charge on any atom is 0.306 e. The van der Waals surface area contributed by atoms with Gasteiger partial charge >= 0.3 is 5.97 Å². The van der Waals surface area contributed by atoms with Gasteiger partial charge in [0.15, 0.2) is 17.2 Å². The quantitative estimate of drug-likeness (QED) is 0.646. The molecule has 0 aromatic carbocycles. The Balaban J connectivity index is 1.70. The summed E-state index contributed by atoms with van der Waals surface area (Å²) < 4.78 is 16.8. The first-order chi connectivity index (χ1) is 13.9. The molecule has 0 saturated heterocycles. The standard InChI is InChI=1S/C23H27FO6/c1-21-11-18(27)23(24)15(4-3-12-9-13(25)7-8-22(12,23)2)14(21)5-6-16(21)20(30)17(26)10-19(28)29/h6-9,14-15,17-18,26-27H,3-5,10-11H2,1-2H3,(H,28,29)/t14-,15-,17?,18-,21-,22-,23-/m0/s1. The lowest BCUT2D eigenvalue weighted by Crippen LogP contribution is -2.66. The molecule has 0 radical (unpaired) electrons. The molecule has 0 aliphatic heterocycles. The van der Waals surface area contributed by atoms with E-state index in [0.717, 1.165) is 0 Å². The monoisotopic (exact) mass is 418 g/mol. The summed E-state index contributed by atoms with van der Waals surface area (Å²) in [6, 6.07) is 0. The van der Waals surface area contributed by atoms with Gasteiger partial charge in [0.2, 0.25) is 0 Å². The molecule has 0 amide bonds. The summed E-state index contributed by atoms with van der Waals surface area (Å²) in [5.41, 5.74) is -2.94. The lowest BCUT2D eigenvalue weighted by molar-refractivity contribution is -0.186. The Morgan fingerprint density at radius 2 is 2.00 bits per heavy atom. The zero-order chi connectivity index (χ0) is 22.1. The Labute approximate surface area is 174 Å². The predicted molar refractivity (Wildman–Crippen MR) is 105 cm³/mol. The highest BCUT2D eigenvalue weighted by molar-refractivity contribution is 6.02. The van der Waals surface area contributed by atoms with Crippen LogP contribution in [0.25, 0.3) is 0 Å². The third kappa shape index (κ3) is 2.64. The maximum atomic E-state index is 16.8. The second-order valence-corrected chi connectivity index (χ2v) is 9.60. The van der Waals surface area contributed by atoms with Gasteiger partial charge in [-0.05, 0) is 50.7 Å². The molecule has 2 saturated carbocycles. The summed E-state index contributed by atoms with van der Waals surface area (Å²) in [6.07, 6.45) is 3.77. The number of carbonyl (C=O) groups excluding carboxylic acids is 2. The van der Waals surface area contributed by atoms with Crippen molar-refractivity contribution >= 4 is 17.5 Å². The number of hydrogen-bond acceptors (Lipinski definition) is 5. The van der Waals surface area contributed by atoms with Gasteiger partial charge in [0.1, 0.15) is 6.10 Å². The SMILES string of the molecule is C[C@]12C=CC(=O)C=C1CC[C@H]1[C@@H]3CC=C(C(=O)C(O)CC(=O)O)[C@@]3(C)C[C@H](O)[C@@]12F. The van der Waals surface area contributed by atoms with E-state index in [9.17, 15) is 24.6 Å². The van der Waals surface area contributed by atoms with Gasteiger partial charge in [-0.3, -0.25) is 14.4 Å². The molecule has 6 nitrogen and oxygen atoms in total. The van der Waals surface area contributed by atoms with E-state index in [2.05, 4.69) is 0 Å². The van der Waals surface area contributed by atoms with Crippen LogP contribution in [-0.2, 0) is 14.4 Å². The number of halogens is 1. The van der Waals surface area contributed by atoms with Gasteiger partial charge in [0, 0.05) is 22.3 Å². The van der Waals surface area contributed by atoms with Gasteiger partial charge < -0.3 is 15.3 Å². The van der Waals surface area contributed by atoms with Crippen molar-refractivity contribution in [3.63, 3.8) is 0 Å². The molecule has 4 aliphatic rings. The summed E-state index contributed by atoms with van der Waals surface area (Å²) in [5, 5.41) is 30.1. The Hall–Kier alpha value is -2.12. The number of aliphatic hydroxyl groups is 2. The normalized spacial score (nSPS) is 43.1. The highest BCUT2D eigenvalue weighted by atomic mass is 19.1. The molecule has 7 atom stereocenters. The van der Waals surface area contributed by atoms with Gasteiger partial charge in [0.05, 0.1) is 12.5 Å². The van der Waals surface area contributed by atoms with Crippen LogP contribution in [0.5, 0.6) is 0 Å². The zero-order valence-corrected chi connectivity index (χ0v) is 17.1. The molecule has 0 spiro atoms. The molecule has 162 valence electrons. The minimum absolute atomic E-state index is 0.00725. The number of aliphatic carboxylic acids is 1. The molecule has 30 heavy (non-hydrogen) atoms. The van der Waals surface area contributed by atoms with E-state index < -0.39 is 52.8 Å². The van der Waals surface area contributed by atoms with E-state index in [4.69, 9.17) is 5.11 Å². The summed E-state index contributed by atoms with van der Waals surface area (Å²) >= 11 is 0. The molecule has 1 unspecified atom stereocenters. The van der Waals surface area contributed by atoms with Crippen LogP contribution in [0.4, 0.5) is 4.39 Å². The van der Waals surface area contributed by atoms with Crippen molar-refractivity contribution in [2.24, 2.45) is 22.7 Å². The number of Topliss-reactive ketones (excluding diaryl/α,β-unsaturated/α-hetero) is 1. The number of ketones is 2. The van der Waals surface area contributed by atoms with Gasteiger partial charge in [0.25, 0.3) is 0 Å². The molecule has 4 aliphatic carbocycles.